The lowest BCUT2D eigenvalue weighted by Gasteiger charge is -2.24. The lowest BCUT2D eigenvalue weighted by molar-refractivity contribution is -0.142. The summed E-state index contributed by atoms with van der Waals surface area (Å²) < 4.78 is 0. The van der Waals surface area contributed by atoms with Gasteiger partial charge in [-0.25, -0.2) is 4.79 Å². The van der Waals surface area contributed by atoms with Crippen LogP contribution in [0, 0.1) is 11.8 Å². The van der Waals surface area contributed by atoms with Crippen molar-refractivity contribution in [2.75, 3.05) is 38.7 Å². The second-order valence-corrected chi connectivity index (χ2v) is 5.51. The van der Waals surface area contributed by atoms with E-state index in [1.54, 1.807) is 28.6 Å². The Labute approximate surface area is 106 Å². The number of hydrogen-bond acceptors (Lipinski definition) is 3. The van der Waals surface area contributed by atoms with Gasteiger partial charge >= 0.3 is 12.0 Å². The van der Waals surface area contributed by atoms with Gasteiger partial charge in [0.1, 0.15) is 0 Å². The van der Waals surface area contributed by atoms with Crippen LogP contribution in [0.15, 0.2) is 0 Å². The number of urea groups is 1. The topological polar surface area (TPSA) is 60.9 Å². The fraction of sp³-hybridized carbons (Fsp3) is 0.818. The quantitative estimate of drug-likeness (QED) is 0.821. The molecule has 0 saturated carbocycles. The van der Waals surface area contributed by atoms with E-state index >= 15 is 0 Å². The number of aliphatic carboxylic acids is 1. The van der Waals surface area contributed by atoms with Crippen molar-refractivity contribution in [2.45, 2.75) is 6.92 Å². The molecule has 1 heterocycles. The number of carboxylic acid groups (broad SMARTS) is 1. The summed E-state index contributed by atoms with van der Waals surface area (Å²) in [6.45, 7) is 3.45. The molecule has 0 bridgehead atoms. The average molecular weight is 260 g/mol. The van der Waals surface area contributed by atoms with Gasteiger partial charge in [-0.1, -0.05) is 6.92 Å². The summed E-state index contributed by atoms with van der Waals surface area (Å²) in [5.41, 5.74) is 0. The van der Waals surface area contributed by atoms with Crippen LogP contribution in [-0.4, -0.2) is 65.6 Å². The second-order valence-electron chi connectivity index (χ2n) is 4.52. The monoisotopic (exact) mass is 260 g/mol. The van der Waals surface area contributed by atoms with Crippen LogP contribution >= 0.6 is 11.8 Å². The standard InChI is InChI=1S/C11H20N2O3S/c1-8-6-13(7-9(8)10(14)15)11(16)12(2)4-5-17-3/h8-9H,4-7H2,1-3H3,(H,14,15). The SMILES string of the molecule is CSCCN(C)C(=O)N1CC(C)C(C(=O)O)C1. The van der Waals surface area contributed by atoms with E-state index in [2.05, 4.69) is 0 Å². The Hall–Kier alpha value is -0.910. The molecule has 17 heavy (non-hydrogen) atoms. The smallest absolute Gasteiger partial charge is 0.319 e. The molecule has 1 fully saturated rings. The molecule has 0 radical (unpaired) electrons. The molecule has 5 nitrogen and oxygen atoms in total. The first-order chi connectivity index (χ1) is 7.97. The van der Waals surface area contributed by atoms with E-state index in [1.165, 1.54) is 0 Å². The molecule has 6 heteroatoms. The summed E-state index contributed by atoms with van der Waals surface area (Å²) >= 11 is 1.69. The molecular formula is C11H20N2O3S. The first kappa shape index (κ1) is 14.2. The van der Waals surface area contributed by atoms with Gasteiger partial charge in [-0.15, -0.1) is 0 Å². The molecule has 1 aliphatic rings. The van der Waals surface area contributed by atoms with Gasteiger partial charge in [0, 0.05) is 32.4 Å². The van der Waals surface area contributed by atoms with Crippen LogP contribution < -0.4 is 0 Å². The van der Waals surface area contributed by atoms with Gasteiger partial charge in [0.2, 0.25) is 0 Å². The van der Waals surface area contributed by atoms with Gasteiger partial charge in [0.05, 0.1) is 5.92 Å². The molecule has 1 aliphatic heterocycles. The molecule has 2 amide bonds. The van der Waals surface area contributed by atoms with Gasteiger partial charge < -0.3 is 14.9 Å². The lowest BCUT2D eigenvalue weighted by atomic mass is 9.99. The summed E-state index contributed by atoms with van der Waals surface area (Å²) in [5.74, 6) is -0.300. The van der Waals surface area contributed by atoms with E-state index in [9.17, 15) is 9.59 Å². The highest BCUT2D eigenvalue weighted by Gasteiger charge is 2.37. The van der Waals surface area contributed by atoms with Crippen LogP contribution in [0.1, 0.15) is 6.92 Å². The third kappa shape index (κ3) is 3.52. The van der Waals surface area contributed by atoms with Crippen molar-refractivity contribution in [3.8, 4) is 0 Å². The number of carboxylic acids is 1. The second kappa shape index (κ2) is 6.14. The normalized spacial score (nSPS) is 23.8. The number of likely N-dealkylation sites (tertiary alicyclic amines) is 1. The first-order valence-corrected chi connectivity index (χ1v) is 7.08. The zero-order chi connectivity index (χ0) is 13.0. The van der Waals surface area contributed by atoms with E-state index in [0.717, 1.165) is 5.75 Å². The Bertz CT molecular complexity index is 298. The molecule has 0 aliphatic carbocycles. The van der Waals surface area contributed by atoms with Crippen molar-refractivity contribution >= 4 is 23.8 Å². The van der Waals surface area contributed by atoms with Crippen LogP contribution in [0.5, 0.6) is 0 Å². The number of nitrogens with zero attached hydrogens (tertiary/aromatic N) is 2. The number of thioether (sulfide) groups is 1. The number of carbonyl (C=O) groups is 2. The van der Waals surface area contributed by atoms with Crippen LogP contribution in [0.3, 0.4) is 0 Å². The highest BCUT2D eigenvalue weighted by atomic mass is 32.2. The van der Waals surface area contributed by atoms with Gasteiger partial charge in [-0.05, 0) is 12.2 Å². The zero-order valence-corrected chi connectivity index (χ0v) is 11.4. The Morgan fingerprint density at radius 1 is 1.47 bits per heavy atom. The Balaban J connectivity index is 2.52. The molecule has 0 aromatic heterocycles. The molecule has 0 spiro atoms. The van der Waals surface area contributed by atoms with Crippen molar-refractivity contribution in [3.05, 3.63) is 0 Å². The van der Waals surface area contributed by atoms with Crippen LogP contribution in [0.2, 0.25) is 0 Å². The minimum absolute atomic E-state index is 0.0328. The molecule has 0 aromatic carbocycles. The molecule has 98 valence electrons. The third-order valence-corrected chi connectivity index (χ3v) is 3.75. The number of amides is 2. The van der Waals surface area contributed by atoms with E-state index in [-0.39, 0.29) is 11.9 Å². The minimum atomic E-state index is -0.806. The van der Waals surface area contributed by atoms with Crippen molar-refractivity contribution in [3.63, 3.8) is 0 Å². The van der Waals surface area contributed by atoms with E-state index in [1.807, 2.05) is 13.2 Å². The minimum Gasteiger partial charge on any atom is -0.481 e. The third-order valence-electron chi connectivity index (χ3n) is 3.16. The Morgan fingerprint density at radius 3 is 2.59 bits per heavy atom. The highest BCUT2D eigenvalue weighted by Crippen LogP contribution is 2.23. The van der Waals surface area contributed by atoms with Crippen LogP contribution in [-0.2, 0) is 4.79 Å². The highest BCUT2D eigenvalue weighted by molar-refractivity contribution is 7.98. The summed E-state index contributed by atoms with van der Waals surface area (Å²) in [6, 6.07) is -0.0605. The Kier molecular flexibility index (Phi) is 5.11. The molecule has 1 saturated heterocycles. The average Bonchev–Trinajstić information content (AvgIpc) is 2.67. The van der Waals surface area contributed by atoms with Crippen molar-refractivity contribution in [2.24, 2.45) is 11.8 Å². The maximum absolute atomic E-state index is 12.0. The predicted octanol–water partition coefficient (Wildman–Crippen LogP) is 1.05. The lowest BCUT2D eigenvalue weighted by Crippen LogP contribution is -2.41. The largest absolute Gasteiger partial charge is 0.481 e. The van der Waals surface area contributed by atoms with Gasteiger partial charge in [0.25, 0.3) is 0 Å². The fourth-order valence-electron chi connectivity index (χ4n) is 2.01. The summed E-state index contributed by atoms with van der Waals surface area (Å²) in [4.78, 5) is 26.3. The van der Waals surface area contributed by atoms with Crippen molar-refractivity contribution in [1.82, 2.24) is 9.80 Å². The summed E-state index contributed by atoms with van der Waals surface area (Å²) in [6.07, 6.45) is 2.00. The molecule has 2 unspecified atom stereocenters. The van der Waals surface area contributed by atoms with Crippen LogP contribution in [0.4, 0.5) is 4.79 Å². The van der Waals surface area contributed by atoms with E-state index in [4.69, 9.17) is 5.11 Å². The van der Waals surface area contributed by atoms with E-state index < -0.39 is 11.9 Å². The molecular weight excluding hydrogens is 240 g/mol. The van der Waals surface area contributed by atoms with E-state index in [0.29, 0.717) is 19.6 Å². The first-order valence-electron chi connectivity index (χ1n) is 5.69. The molecule has 2 atom stereocenters. The van der Waals surface area contributed by atoms with Crippen molar-refractivity contribution < 1.29 is 14.7 Å². The Morgan fingerprint density at radius 2 is 2.12 bits per heavy atom. The van der Waals surface area contributed by atoms with Crippen LogP contribution in [0.25, 0.3) is 0 Å². The summed E-state index contributed by atoms with van der Waals surface area (Å²) in [7, 11) is 1.76. The molecule has 0 aromatic rings. The zero-order valence-electron chi connectivity index (χ0n) is 10.5. The van der Waals surface area contributed by atoms with Gasteiger partial charge in [0.15, 0.2) is 0 Å². The summed E-state index contributed by atoms with van der Waals surface area (Å²) in [5, 5.41) is 9.01. The number of carbonyl (C=O) groups excluding carboxylic acids is 1. The maximum atomic E-state index is 12.0. The van der Waals surface area contributed by atoms with Gasteiger partial charge in [-0.2, -0.15) is 11.8 Å². The molecule has 1 rings (SSSR count). The van der Waals surface area contributed by atoms with Crippen molar-refractivity contribution in [1.29, 1.82) is 0 Å². The molecule has 1 N–H and O–H groups in total. The fourth-order valence-corrected chi connectivity index (χ4v) is 2.47. The van der Waals surface area contributed by atoms with Gasteiger partial charge in [-0.3, -0.25) is 4.79 Å². The maximum Gasteiger partial charge on any atom is 0.319 e. The number of rotatable bonds is 4. The number of hydrogen-bond donors (Lipinski definition) is 1. The predicted molar refractivity (Wildman–Crippen MR) is 68.3 cm³/mol.